The van der Waals surface area contributed by atoms with Crippen LogP contribution in [0.5, 0.6) is 11.5 Å². The molecule has 0 aliphatic carbocycles. The van der Waals surface area contributed by atoms with E-state index in [0.29, 0.717) is 40.4 Å². The molecule has 0 unspecified atom stereocenters. The van der Waals surface area contributed by atoms with Crippen LogP contribution in [0.1, 0.15) is 21.5 Å². The van der Waals surface area contributed by atoms with Gasteiger partial charge in [-0.3, -0.25) is 14.6 Å². The topological polar surface area (TPSA) is 80.8 Å². The molecule has 1 N–H and O–H groups in total. The van der Waals surface area contributed by atoms with Gasteiger partial charge in [0.05, 0.1) is 32.0 Å². The first-order chi connectivity index (χ1) is 17.5. The van der Waals surface area contributed by atoms with Crippen LogP contribution in [0.25, 0.3) is 10.9 Å². The van der Waals surface area contributed by atoms with Gasteiger partial charge in [-0.2, -0.15) is 0 Å². The molecule has 0 saturated heterocycles. The van der Waals surface area contributed by atoms with Gasteiger partial charge >= 0.3 is 0 Å². The molecule has 0 radical (unpaired) electrons. The summed E-state index contributed by atoms with van der Waals surface area (Å²) in [5.74, 6) is 0.292. The third-order valence-corrected chi connectivity index (χ3v) is 6.21. The highest BCUT2D eigenvalue weighted by Gasteiger charge is 2.28. The zero-order valence-corrected chi connectivity index (χ0v) is 19.9. The summed E-state index contributed by atoms with van der Waals surface area (Å²) in [4.78, 5) is 31.1. The summed E-state index contributed by atoms with van der Waals surface area (Å²) >= 11 is 0. The predicted molar refractivity (Wildman–Crippen MR) is 134 cm³/mol. The van der Waals surface area contributed by atoms with Crippen LogP contribution >= 0.6 is 0 Å². The van der Waals surface area contributed by atoms with Crippen LogP contribution in [0.2, 0.25) is 0 Å². The van der Waals surface area contributed by atoms with Gasteiger partial charge in [-0.15, -0.1) is 0 Å². The first kappa shape index (κ1) is 23.3. The number of nitrogens with one attached hydrogen (secondary N) is 1. The number of nitrogens with zero attached hydrogens (tertiary/aromatic N) is 2. The number of aromatic nitrogens is 1. The van der Waals surface area contributed by atoms with Crippen LogP contribution in [0, 0.1) is 5.82 Å². The molecule has 0 bridgehead atoms. The number of fused-ring (bicyclic) bond motifs is 2. The van der Waals surface area contributed by atoms with E-state index in [1.54, 1.807) is 56.8 Å². The Bertz CT molecular complexity index is 1490. The summed E-state index contributed by atoms with van der Waals surface area (Å²) in [7, 11) is 3.10. The standard InChI is InChI=1S/C28H24FN3O4/c1-35-26-13-21-23(9-10-30-25(21)14-27(26)36-2)31-24-8-7-17(12-22(24)29)11-19(33)16-32-15-18-5-3-4-6-20(18)28(32)34/h3-10,12-14H,11,15-16H2,1-2H3,(H,30,31). The molecular weight excluding hydrogens is 461 g/mol. The van der Waals surface area contributed by atoms with E-state index in [1.165, 1.54) is 11.0 Å². The second kappa shape index (κ2) is 9.65. The van der Waals surface area contributed by atoms with Crippen molar-refractivity contribution in [2.75, 3.05) is 26.1 Å². The molecule has 3 aromatic carbocycles. The van der Waals surface area contributed by atoms with Crippen molar-refractivity contribution in [2.45, 2.75) is 13.0 Å². The zero-order valence-electron chi connectivity index (χ0n) is 19.9. The Morgan fingerprint density at radius 2 is 1.81 bits per heavy atom. The van der Waals surface area contributed by atoms with E-state index in [-0.39, 0.29) is 30.3 Å². The fourth-order valence-corrected chi connectivity index (χ4v) is 4.44. The van der Waals surface area contributed by atoms with Crippen molar-refractivity contribution in [3.63, 3.8) is 0 Å². The largest absolute Gasteiger partial charge is 0.493 e. The van der Waals surface area contributed by atoms with E-state index in [4.69, 9.17) is 9.47 Å². The molecule has 8 heteroatoms. The van der Waals surface area contributed by atoms with Crippen molar-refractivity contribution in [1.82, 2.24) is 9.88 Å². The quantitative estimate of drug-likeness (QED) is 0.382. The number of anilines is 2. The maximum absolute atomic E-state index is 15.0. The highest BCUT2D eigenvalue weighted by atomic mass is 19.1. The van der Waals surface area contributed by atoms with E-state index in [2.05, 4.69) is 10.3 Å². The minimum Gasteiger partial charge on any atom is -0.493 e. The van der Waals surface area contributed by atoms with Crippen molar-refractivity contribution in [2.24, 2.45) is 0 Å². The SMILES string of the molecule is COc1cc2nccc(Nc3ccc(CC(=O)CN4Cc5ccccc5C4=O)cc3F)c2cc1OC. The third kappa shape index (κ3) is 4.45. The average molecular weight is 486 g/mol. The lowest BCUT2D eigenvalue weighted by Crippen LogP contribution is -2.31. The molecule has 1 amide bonds. The monoisotopic (exact) mass is 485 g/mol. The van der Waals surface area contributed by atoms with Gasteiger partial charge < -0.3 is 19.7 Å². The van der Waals surface area contributed by atoms with E-state index < -0.39 is 5.82 Å². The van der Waals surface area contributed by atoms with Crippen molar-refractivity contribution in [3.05, 3.63) is 89.4 Å². The summed E-state index contributed by atoms with van der Waals surface area (Å²) in [6.45, 7) is 0.401. The number of ketones is 1. The van der Waals surface area contributed by atoms with Crippen LogP contribution in [-0.2, 0) is 17.8 Å². The molecule has 36 heavy (non-hydrogen) atoms. The van der Waals surface area contributed by atoms with Crippen molar-refractivity contribution >= 4 is 34.0 Å². The van der Waals surface area contributed by atoms with Gasteiger partial charge in [0, 0.05) is 41.9 Å². The lowest BCUT2D eigenvalue weighted by molar-refractivity contribution is -0.119. The molecule has 1 aliphatic heterocycles. The van der Waals surface area contributed by atoms with Crippen molar-refractivity contribution < 1.29 is 23.5 Å². The number of methoxy groups -OCH3 is 2. The number of amides is 1. The average Bonchev–Trinajstić information content (AvgIpc) is 3.19. The van der Waals surface area contributed by atoms with Crippen LogP contribution in [0.4, 0.5) is 15.8 Å². The molecular formula is C28H24FN3O4. The Balaban J connectivity index is 1.29. The third-order valence-electron chi connectivity index (χ3n) is 6.21. The first-order valence-electron chi connectivity index (χ1n) is 11.4. The summed E-state index contributed by atoms with van der Waals surface area (Å²) in [5, 5.41) is 3.85. The fraction of sp³-hybridized carbons (Fsp3) is 0.179. The Morgan fingerprint density at radius 1 is 1.03 bits per heavy atom. The molecule has 4 aromatic rings. The highest BCUT2D eigenvalue weighted by Crippen LogP contribution is 2.35. The van der Waals surface area contributed by atoms with Crippen molar-refractivity contribution in [3.8, 4) is 11.5 Å². The maximum Gasteiger partial charge on any atom is 0.254 e. The summed E-state index contributed by atoms with van der Waals surface area (Å²) in [6, 6.07) is 17.3. The second-order valence-electron chi connectivity index (χ2n) is 8.56. The number of rotatable bonds is 8. The fourth-order valence-electron chi connectivity index (χ4n) is 4.44. The van der Waals surface area contributed by atoms with Gasteiger partial charge in [-0.1, -0.05) is 24.3 Å². The molecule has 182 valence electrons. The predicted octanol–water partition coefficient (Wildman–Crippen LogP) is 4.90. The Labute approximate surface area is 207 Å². The summed E-state index contributed by atoms with van der Waals surface area (Å²) < 4.78 is 25.7. The molecule has 0 spiro atoms. The van der Waals surface area contributed by atoms with E-state index in [9.17, 15) is 14.0 Å². The molecule has 0 fully saturated rings. The van der Waals surface area contributed by atoms with Crippen LogP contribution < -0.4 is 14.8 Å². The maximum atomic E-state index is 15.0. The molecule has 2 heterocycles. The molecule has 1 aromatic heterocycles. The van der Waals surface area contributed by atoms with Gasteiger partial charge in [0.25, 0.3) is 5.91 Å². The minimum absolute atomic E-state index is 0.0105. The number of carbonyl (C=O) groups is 2. The van der Waals surface area contributed by atoms with E-state index in [0.717, 1.165) is 10.9 Å². The van der Waals surface area contributed by atoms with Gasteiger partial charge in [-0.05, 0) is 41.5 Å². The second-order valence-corrected chi connectivity index (χ2v) is 8.56. The number of benzene rings is 3. The molecule has 1 aliphatic rings. The molecule has 5 rings (SSSR count). The van der Waals surface area contributed by atoms with E-state index >= 15 is 0 Å². The molecule has 0 saturated carbocycles. The Morgan fingerprint density at radius 3 is 2.56 bits per heavy atom. The molecule has 7 nitrogen and oxygen atoms in total. The smallest absolute Gasteiger partial charge is 0.254 e. The number of hydrogen-bond donors (Lipinski definition) is 1. The number of Topliss-reactive ketones (excluding diaryl/α,β-unsaturated/α-hetero) is 1. The Kier molecular flexibility index (Phi) is 6.25. The number of hydrogen-bond acceptors (Lipinski definition) is 6. The lowest BCUT2D eigenvalue weighted by atomic mass is 10.1. The van der Waals surface area contributed by atoms with Gasteiger partial charge in [0.15, 0.2) is 17.3 Å². The van der Waals surface area contributed by atoms with Crippen LogP contribution in [-0.4, -0.2) is 42.3 Å². The number of carbonyl (C=O) groups excluding carboxylic acids is 2. The van der Waals surface area contributed by atoms with Gasteiger partial charge in [0.2, 0.25) is 0 Å². The number of pyridine rings is 1. The van der Waals surface area contributed by atoms with Crippen LogP contribution in [0.15, 0.2) is 66.9 Å². The summed E-state index contributed by atoms with van der Waals surface area (Å²) in [6.07, 6.45) is 1.66. The number of ether oxygens (including phenoxy) is 2. The zero-order chi connectivity index (χ0) is 25.2. The first-order valence-corrected chi connectivity index (χ1v) is 11.4. The summed E-state index contributed by atoms with van der Waals surface area (Å²) in [5.41, 5.74) is 3.66. The number of halogens is 1. The van der Waals surface area contributed by atoms with E-state index in [1.807, 2.05) is 18.2 Å². The van der Waals surface area contributed by atoms with Gasteiger partial charge in [-0.25, -0.2) is 4.39 Å². The Hall–Kier alpha value is -4.46. The lowest BCUT2D eigenvalue weighted by Gasteiger charge is -2.15. The minimum atomic E-state index is -0.490. The highest BCUT2D eigenvalue weighted by molar-refractivity contribution is 6.00. The molecule has 0 atom stereocenters. The normalized spacial score (nSPS) is 12.5. The van der Waals surface area contributed by atoms with Crippen LogP contribution in [0.3, 0.4) is 0 Å². The van der Waals surface area contributed by atoms with Gasteiger partial charge in [0.1, 0.15) is 5.82 Å². The van der Waals surface area contributed by atoms with Crippen molar-refractivity contribution in [1.29, 1.82) is 0 Å².